The number of carbonyl (C=O) groups excluding carboxylic acids is 2. The van der Waals surface area contributed by atoms with E-state index in [4.69, 9.17) is 10.5 Å². The molecule has 1 aromatic carbocycles. The molecule has 22 heavy (non-hydrogen) atoms. The summed E-state index contributed by atoms with van der Waals surface area (Å²) in [7, 11) is 0. The van der Waals surface area contributed by atoms with Crippen molar-refractivity contribution in [3.8, 4) is 5.75 Å². The highest BCUT2D eigenvalue weighted by atomic mass is 35.5. The van der Waals surface area contributed by atoms with E-state index < -0.39 is 5.91 Å². The van der Waals surface area contributed by atoms with Gasteiger partial charge in [0.05, 0.1) is 0 Å². The quantitative estimate of drug-likeness (QED) is 0.715. The van der Waals surface area contributed by atoms with Gasteiger partial charge in [-0.15, -0.1) is 12.4 Å². The zero-order chi connectivity index (χ0) is 15.1. The second kappa shape index (κ2) is 9.55. The van der Waals surface area contributed by atoms with E-state index in [1.807, 2.05) is 11.8 Å². The van der Waals surface area contributed by atoms with E-state index in [-0.39, 0.29) is 31.0 Å². The Morgan fingerprint density at radius 2 is 2.27 bits per heavy atom. The van der Waals surface area contributed by atoms with Crippen LogP contribution in [0.25, 0.3) is 0 Å². The van der Waals surface area contributed by atoms with Gasteiger partial charge in [-0.2, -0.15) is 11.8 Å². The molecule has 1 unspecified atom stereocenters. The molecule has 1 aromatic rings. The molecule has 2 amide bonds. The first kappa shape index (κ1) is 18.6. The summed E-state index contributed by atoms with van der Waals surface area (Å²) in [6, 6.07) is 7.12. The molecular formula is C14H20ClN3O3S. The van der Waals surface area contributed by atoms with Crippen LogP contribution < -0.4 is 21.1 Å². The van der Waals surface area contributed by atoms with E-state index in [2.05, 4.69) is 10.6 Å². The maximum atomic E-state index is 12.0. The Kier molecular flexibility index (Phi) is 8.08. The number of hydrogen-bond donors (Lipinski definition) is 3. The lowest BCUT2D eigenvalue weighted by Crippen LogP contribution is -2.39. The summed E-state index contributed by atoms with van der Waals surface area (Å²) in [6.45, 7) is 0.764. The molecule has 1 aliphatic rings. The van der Waals surface area contributed by atoms with Gasteiger partial charge in [-0.3, -0.25) is 9.59 Å². The average Bonchev–Trinajstić information content (AvgIpc) is 2.46. The fourth-order valence-electron chi connectivity index (χ4n) is 2.00. The first-order chi connectivity index (χ1) is 10.1. The molecule has 0 saturated carbocycles. The smallest absolute Gasteiger partial charge is 0.255 e. The van der Waals surface area contributed by atoms with E-state index in [1.54, 1.807) is 24.3 Å². The van der Waals surface area contributed by atoms with Gasteiger partial charge in [0, 0.05) is 42.3 Å². The monoisotopic (exact) mass is 345 g/mol. The van der Waals surface area contributed by atoms with Crippen LogP contribution in [0.1, 0.15) is 6.42 Å². The van der Waals surface area contributed by atoms with Crippen molar-refractivity contribution in [3.63, 3.8) is 0 Å². The number of thioether (sulfide) groups is 1. The van der Waals surface area contributed by atoms with Crippen molar-refractivity contribution in [2.75, 3.05) is 30.0 Å². The van der Waals surface area contributed by atoms with Gasteiger partial charge in [-0.1, -0.05) is 6.07 Å². The highest BCUT2D eigenvalue weighted by Crippen LogP contribution is 2.18. The topological polar surface area (TPSA) is 93.5 Å². The van der Waals surface area contributed by atoms with Crippen LogP contribution in [0.4, 0.5) is 5.69 Å². The van der Waals surface area contributed by atoms with Crippen molar-refractivity contribution in [2.45, 2.75) is 12.5 Å². The number of benzene rings is 1. The van der Waals surface area contributed by atoms with E-state index >= 15 is 0 Å². The third kappa shape index (κ3) is 6.55. The number of ether oxygens (including phenoxy) is 1. The maximum Gasteiger partial charge on any atom is 0.255 e. The van der Waals surface area contributed by atoms with Crippen LogP contribution in [0.5, 0.6) is 5.75 Å². The Labute approximate surface area is 139 Å². The zero-order valence-electron chi connectivity index (χ0n) is 12.0. The standard InChI is InChI=1S/C14H19N3O3S.ClH/c15-13(18)8-20-12-3-1-2-10(6-12)17-14(19)7-11-9-21-5-4-16-11;/h1-3,6,11,16H,4-5,7-9H2,(H2,15,18)(H,17,19);1H. The van der Waals surface area contributed by atoms with Gasteiger partial charge >= 0.3 is 0 Å². The molecule has 0 aliphatic carbocycles. The summed E-state index contributed by atoms with van der Waals surface area (Å²) in [4.78, 5) is 22.7. The molecule has 0 bridgehead atoms. The van der Waals surface area contributed by atoms with Crippen LogP contribution in [0.15, 0.2) is 24.3 Å². The van der Waals surface area contributed by atoms with E-state index in [0.29, 0.717) is 17.9 Å². The molecule has 1 heterocycles. The van der Waals surface area contributed by atoms with Crippen molar-refractivity contribution in [1.29, 1.82) is 0 Å². The molecule has 0 spiro atoms. The lowest BCUT2D eigenvalue weighted by molar-refractivity contribution is -0.120. The number of anilines is 1. The molecule has 1 aliphatic heterocycles. The number of nitrogens with one attached hydrogen (secondary N) is 2. The molecule has 0 aromatic heterocycles. The number of primary amides is 1. The fraction of sp³-hybridized carbons (Fsp3) is 0.429. The summed E-state index contributed by atoms with van der Waals surface area (Å²) in [6.07, 6.45) is 0.444. The first-order valence-corrected chi connectivity index (χ1v) is 7.91. The summed E-state index contributed by atoms with van der Waals surface area (Å²) in [5.74, 6) is 1.97. The fourth-order valence-corrected chi connectivity index (χ4v) is 2.95. The normalized spacial score (nSPS) is 17.2. The summed E-state index contributed by atoms with van der Waals surface area (Å²) < 4.78 is 5.20. The summed E-state index contributed by atoms with van der Waals surface area (Å²) in [5, 5.41) is 6.16. The van der Waals surface area contributed by atoms with Gasteiger partial charge in [0.25, 0.3) is 5.91 Å². The molecule has 8 heteroatoms. The lowest BCUT2D eigenvalue weighted by atomic mass is 10.2. The average molecular weight is 346 g/mol. The Balaban J connectivity index is 0.00000242. The molecule has 1 atom stereocenters. The van der Waals surface area contributed by atoms with Crippen LogP contribution >= 0.6 is 24.2 Å². The zero-order valence-corrected chi connectivity index (χ0v) is 13.7. The lowest BCUT2D eigenvalue weighted by Gasteiger charge is -2.22. The van der Waals surface area contributed by atoms with Gasteiger partial charge in [-0.05, 0) is 12.1 Å². The van der Waals surface area contributed by atoms with Crippen molar-refractivity contribution < 1.29 is 14.3 Å². The Morgan fingerprint density at radius 3 is 2.95 bits per heavy atom. The summed E-state index contributed by atoms with van der Waals surface area (Å²) >= 11 is 1.86. The molecule has 0 radical (unpaired) electrons. The van der Waals surface area contributed by atoms with Gasteiger partial charge in [0.1, 0.15) is 5.75 Å². The minimum atomic E-state index is -0.537. The van der Waals surface area contributed by atoms with Crippen LogP contribution in [-0.2, 0) is 9.59 Å². The van der Waals surface area contributed by atoms with E-state index in [0.717, 1.165) is 18.1 Å². The van der Waals surface area contributed by atoms with Gasteiger partial charge in [0.15, 0.2) is 6.61 Å². The third-order valence-electron chi connectivity index (χ3n) is 2.93. The van der Waals surface area contributed by atoms with Crippen molar-refractivity contribution in [2.24, 2.45) is 5.73 Å². The number of nitrogens with two attached hydrogens (primary N) is 1. The Bertz CT molecular complexity index is 510. The molecule has 6 nitrogen and oxygen atoms in total. The van der Waals surface area contributed by atoms with E-state index in [9.17, 15) is 9.59 Å². The first-order valence-electron chi connectivity index (χ1n) is 6.75. The minimum absolute atomic E-state index is 0. The number of halogens is 1. The minimum Gasteiger partial charge on any atom is -0.484 e. The highest BCUT2D eigenvalue weighted by molar-refractivity contribution is 7.99. The van der Waals surface area contributed by atoms with Crippen molar-refractivity contribution >= 4 is 41.7 Å². The second-order valence-corrected chi connectivity index (χ2v) is 5.91. The van der Waals surface area contributed by atoms with Gasteiger partial charge in [0.2, 0.25) is 5.91 Å². The van der Waals surface area contributed by atoms with Crippen LogP contribution in [-0.4, -0.2) is 42.5 Å². The summed E-state index contributed by atoms with van der Waals surface area (Å²) in [5.41, 5.74) is 5.66. The van der Waals surface area contributed by atoms with Crippen molar-refractivity contribution in [1.82, 2.24) is 5.32 Å². The molecule has 122 valence electrons. The largest absolute Gasteiger partial charge is 0.484 e. The van der Waals surface area contributed by atoms with Crippen LogP contribution in [0, 0.1) is 0 Å². The molecular weight excluding hydrogens is 326 g/mol. The number of rotatable bonds is 6. The number of carbonyl (C=O) groups is 2. The van der Waals surface area contributed by atoms with Crippen LogP contribution in [0.2, 0.25) is 0 Å². The Morgan fingerprint density at radius 1 is 1.45 bits per heavy atom. The molecule has 4 N–H and O–H groups in total. The van der Waals surface area contributed by atoms with Crippen LogP contribution in [0.3, 0.4) is 0 Å². The third-order valence-corrected chi connectivity index (χ3v) is 4.06. The Hall–Kier alpha value is -1.44. The number of hydrogen-bond acceptors (Lipinski definition) is 5. The van der Waals surface area contributed by atoms with Crippen molar-refractivity contribution in [3.05, 3.63) is 24.3 Å². The SMILES string of the molecule is Cl.NC(=O)COc1cccc(NC(=O)CC2CSCCN2)c1. The predicted octanol–water partition coefficient (Wildman–Crippen LogP) is 1.01. The molecule has 2 rings (SSSR count). The predicted molar refractivity (Wildman–Crippen MR) is 90.7 cm³/mol. The van der Waals surface area contributed by atoms with E-state index in [1.165, 1.54) is 0 Å². The molecule has 1 saturated heterocycles. The highest BCUT2D eigenvalue weighted by Gasteiger charge is 2.16. The van der Waals surface area contributed by atoms with Gasteiger partial charge in [-0.25, -0.2) is 0 Å². The van der Waals surface area contributed by atoms with Gasteiger partial charge < -0.3 is 21.1 Å². The number of amides is 2. The molecule has 1 fully saturated rings. The second-order valence-electron chi connectivity index (χ2n) is 4.76. The maximum absolute atomic E-state index is 12.0.